The van der Waals surface area contributed by atoms with Crippen molar-refractivity contribution in [2.45, 2.75) is 0 Å². The van der Waals surface area contributed by atoms with E-state index >= 15 is 0 Å². The first-order valence-corrected chi connectivity index (χ1v) is 5.65. The van der Waals surface area contributed by atoms with Crippen molar-refractivity contribution in [1.29, 1.82) is 0 Å². The number of fused-ring (bicyclic) bond motifs is 1. The third kappa shape index (κ3) is 2.60. The van der Waals surface area contributed by atoms with Crippen LogP contribution in [-0.2, 0) is 9.53 Å². The van der Waals surface area contributed by atoms with Crippen LogP contribution in [0, 0.1) is 0 Å². The molecule has 0 aromatic heterocycles. The highest BCUT2D eigenvalue weighted by molar-refractivity contribution is 6.82. The van der Waals surface area contributed by atoms with Gasteiger partial charge in [0.25, 0.3) is 0 Å². The number of hydrazone groups is 1. The van der Waals surface area contributed by atoms with Crippen molar-refractivity contribution < 1.29 is 9.53 Å². The largest absolute Gasteiger partial charge is 0.464 e. The molecule has 0 heterocycles. The molecule has 2 rings (SSSR count). The maximum Gasteiger partial charge on any atom is 0.370 e. The van der Waals surface area contributed by atoms with Gasteiger partial charge in [-0.3, -0.25) is 5.43 Å². The number of rotatable bonds is 3. The van der Waals surface area contributed by atoms with Gasteiger partial charge in [0.05, 0.1) is 12.8 Å². The van der Waals surface area contributed by atoms with Crippen LogP contribution in [0.15, 0.2) is 47.6 Å². The number of anilines is 1. The number of halogens is 1. The minimum atomic E-state index is -0.676. The third-order valence-electron chi connectivity index (χ3n) is 2.42. The molecular weight excluding hydrogens is 252 g/mol. The Labute approximate surface area is 109 Å². The summed E-state index contributed by atoms with van der Waals surface area (Å²) < 4.78 is 4.45. The number of carbonyl (C=O) groups is 1. The summed E-state index contributed by atoms with van der Waals surface area (Å²) >= 11 is 5.65. The van der Waals surface area contributed by atoms with Gasteiger partial charge >= 0.3 is 5.97 Å². The quantitative estimate of drug-likeness (QED) is 0.526. The zero-order chi connectivity index (χ0) is 13.0. The van der Waals surface area contributed by atoms with Gasteiger partial charge in [-0.25, -0.2) is 4.79 Å². The molecule has 0 aliphatic carbocycles. The molecule has 2 aromatic carbocycles. The molecule has 18 heavy (non-hydrogen) atoms. The lowest BCUT2D eigenvalue weighted by Crippen LogP contribution is -2.11. The van der Waals surface area contributed by atoms with Gasteiger partial charge in [0.15, 0.2) is 0 Å². The Hall–Kier alpha value is -2.07. The topological polar surface area (TPSA) is 50.7 Å². The average molecular weight is 263 g/mol. The van der Waals surface area contributed by atoms with Crippen molar-refractivity contribution in [3.8, 4) is 0 Å². The highest BCUT2D eigenvalue weighted by Crippen LogP contribution is 2.22. The number of methoxy groups -OCH3 is 1. The normalized spacial score (nSPS) is 11.3. The summed E-state index contributed by atoms with van der Waals surface area (Å²) in [6.07, 6.45) is 0. The third-order valence-corrected chi connectivity index (χ3v) is 2.66. The van der Waals surface area contributed by atoms with Gasteiger partial charge in [-0.05, 0) is 11.5 Å². The summed E-state index contributed by atoms with van der Waals surface area (Å²) in [5.41, 5.74) is 3.53. The van der Waals surface area contributed by atoms with Crippen molar-refractivity contribution >= 4 is 39.2 Å². The van der Waals surface area contributed by atoms with Gasteiger partial charge < -0.3 is 4.74 Å². The standard InChI is InChI=1S/C13H11ClN2O2/c1-18-13(17)12(14)16-15-11-8-4-6-9-5-2-3-7-10(9)11/h2-8,15H,1H3/b16-12-. The molecule has 0 saturated carbocycles. The number of hydrogen-bond donors (Lipinski definition) is 1. The van der Waals surface area contributed by atoms with Gasteiger partial charge in [0, 0.05) is 5.39 Å². The molecular formula is C13H11ClN2O2. The van der Waals surface area contributed by atoms with Crippen LogP contribution in [0.1, 0.15) is 0 Å². The predicted octanol–water partition coefficient (Wildman–Crippen LogP) is 2.98. The molecule has 4 nitrogen and oxygen atoms in total. The second-order valence-corrected chi connectivity index (χ2v) is 3.89. The second kappa shape index (κ2) is 5.51. The van der Waals surface area contributed by atoms with E-state index in [2.05, 4.69) is 15.3 Å². The van der Waals surface area contributed by atoms with Crippen molar-refractivity contribution in [1.82, 2.24) is 0 Å². The molecule has 1 N–H and O–H groups in total. The van der Waals surface area contributed by atoms with Gasteiger partial charge in [-0.15, -0.1) is 0 Å². The number of nitrogens with zero attached hydrogens (tertiary/aromatic N) is 1. The van der Waals surface area contributed by atoms with E-state index in [0.29, 0.717) is 0 Å². The Bertz CT molecular complexity index is 605. The summed E-state index contributed by atoms with van der Waals surface area (Å²) in [6, 6.07) is 13.6. The van der Waals surface area contributed by atoms with Crippen molar-refractivity contribution in [3.05, 3.63) is 42.5 Å². The van der Waals surface area contributed by atoms with Crippen molar-refractivity contribution in [2.75, 3.05) is 12.5 Å². The number of ether oxygens (including phenoxy) is 1. The first-order chi connectivity index (χ1) is 8.72. The van der Waals surface area contributed by atoms with E-state index in [1.54, 1.807) is 0 Å². The summed E-state index contributed by atoms with van der Waals surface area (Å²) in [5.74, 6) is -0.676. The fourth-order valence-corrected chi connectivity index (χ4v) is 1.68. The van der Waals surface area contributed by atoms with Crippen molar-refractivity contribution in [2.24, 2.45) is 5.10 Å². The number of nitrogens with one attached hydrogen (secondary N) is 1. The minimum absolute atomic E-state index is 0.245. The summed E-state index contributed by atoms with van der Waals surface area (Å²) in [7, 11) is 1.25. The van der Waals surface area contributed by atoms with E-state index < -0.39 is 5.97 Å². The molecule has 0 unspecified atom stereocenters. The lowest BCUT2D eigenvalue weighted by atomic mass is 10.1. The molecule has 0 atom stereocenters. The summed E-state index contributed by atoms with van der Waals surface area (Å²) in [4.78, 5) is 11.1. The van der Waals surface area contributed by atoms with Crippen LogP contribution < -0.4 is 5.43 Å². The van der Waals surface area contributed by atoms with Crippen LogP contribution >= 0.6 is 11.6 Å². The molecule has 0 radical (unpaired) electrons. The Morgan fingerprint density at radius 3 is 2.72 bits per heavy atom. The van der Waals surface area contributed by atoms with E-state index in [0.717, 1.165) is 16.5 Å². The zero-order valence-electron chi connectivity index (χ0n) is 9.68. The first kappa shape index (κ1) is 12.4. The molecule has 2 aromatic rings. The van der Waals surface area contributed by atoms with Crippen LogP contribution in [-0.4, -0.2) is 18.2 Å². The van der Waals surface area contributed by atoms with Crippen LogP contribution in [0.3, 0.4) is 0 Å². The molecule has 0 aliphatic heterocycles. The number of hydrogen-bond acceptors (Lipinski definition) is 4. The van der Waals surface area contributed by atoms with Crippen molar-refractivity contribution in [3.63, 3.8) is 0 Å². The smallest absolute Gasteiger partial charge is 0.370 e. The van der Waals surface area contributed by atoms with Crippen LogP contribution in [0.25, 0.3) is 10.8 Å². The van der Waals surface area contributed by atoms with Crippen LogP contribution in [0.5, 0.6) is 0 Å². The summed E-state index contributed by atoms with van der Waals surface area (Å²) in [5, 5.41) is 5.60. The Morgan fingerprint density at radius 2 is 1.94 bits per heavy atom. The molecule has 0 fully saturated rings. The molecule has 0 amide bonds. The maximum atomic E-state index is 11.1. The fraction of sp³-hybridized carbons (Fsp3) is 0.0769. The van der Waals surface area contributed by atoms with Crippen LogP contribution in [0.2, 0.25) is 0 Å². The predicted molar refractivity (Wildman–Crippen MR) is 72.9 cm³/mol. The summed E-state index contributed by atoms with van der Waals surface area (Å²) in [6.45, 7) is 0. The average Bonchev–Trinajstić information content (AvgIpc) is 2.43. The van der Waals surface area contributed by atoms with E-state index in [1.165, 1.54) is 7.11 Å². The van der Waals surface area contributed by atoms with Crippen LogP contribution in [0.4, 0.5) is 5.69 Å². The van der Waals surface area contributed by atoms with E-state index in [9.17, 15) is 4.79 Å². The molecule has 5 heteroatoms. The Morgan fingerprint density at radius 1 is 1.22 bits per heavy atom. The van der Waals surface area contributed by atoms with Gasteiger partial charge in [-0.2, -0.15) is 5.10 Å². The molecule has 0 bridgehead atoms. The highest BCUT2D eigenvalue weighted by Gasteiger charge is 2.07. The molecule has 0 saturated heterocycles. The lowest BCUT2D eigenvalue weighted by molar-refractivity contribution is -0.132. The fourth-order valence-electron chi connectivity index (χ4n) is 1.56. The molecule has 0 aliphatic rings. The van der Waals surface area contributed by atoms with E-state index in [4.69, 9.17) is 11.6 Å². The molecule has 92 valence electrons. The van der Waals surface area contributed by atoms with E-state index in [-0.39, 0.29) is 5.17 Å². The zero-order valence-corrected chi connectivity index (χ0v) is 10.4. The van der Waals surface area contributed by atoms with Gasteiger partial charge in [-0.1, -0.05) is 48.0 Å². The SMILES string of the molecule is COC(=O)/C(Cl)=N/Nc1cccc2ccccc12. The lowest BCUT2D eigenvalue weighted by Gasteiger charge is -2.05. The Kier molecular flexibility index (Phi) is 3.79. The number of benzene rings is 2. The number of carbonyl (C=O) groups excluding carboxylic acids is 1. The monoisotopic (exact) mass is 262 g/mol. The second-order valence-electron chi connectivity index (χ2n) is 3.53. The number of esters is 1. The minimum Gasteiger partial charge on any atom is -0.464 e. The van der Waals surface area contributed by atoms with Gasteiger partial charge in [0.2, 0.25) is 5.17 Å². The first-order valence-electron chi connectivity index (χ1n) is 5.27. The van der Waals surface area contributed by atoms with E-state index in [1.807, 2.05) is 42.5 Å². The maximum absolute atomic E-state index is 11.1. The van der Waals surface area contributed by atoms with Gasteiger partial charge in [0.1, 0.15) is 0 Å². The highest BCUT2D eigenvalue weighted by atomic mass is 35.5. The molecule has 0 spiro atoms. The Balaban J connectivity index is 2.30.